The van der Waals surface area contributed by atoms with Crippen LogP contribution in [0.4, 0.5) is 0 Å². The molecule has 1 unspecified atom stereocenters. The van der Waals surface area contributed by atoms with Crippen LogP contribution in [0.2, 0.25) is 0 Å². The van der Waals surface area contributed by atoms with E-state index in [1.54, 1.807) is 11.3 Å². The molecule has 1 aliphatic rings. The molecule has 1 aromatic heterocycles. The lowest BCUT2D eigenvalue weighted by molar-refractivity contribution is -0.915. The fourth-order valence-electron chi connectivity index (χ4n) is 2.76. The second kappa shape index (κ2) is 6.63. The van der Waals surface area contributed by atoms with Crippen LogP contribution in [0.15, 0.2) is 41.8 Å². The second-order valence-corrected chi connectivity index (χ2v) is 7.18. The molecule has 0 spiro atoms. The number of aryl methyl sites for hydroxylation is 1. The number of thiophene rings is 1. The standard InChI is InChI=1S/C18H22N2OS/c1-13-10-11-22-16(13)12-20(2)17(14-6-4-3-5-7-14)18(21)19-15-8-9-15/h3-7,10-11,15,17H,8-9,12H2,1-2H3,(H,19,21)/p+1/t17-/m0/s1. The molecule has 1 amide bonds. The molecule has 0 bridgehead atoms. The number of carbonyl (C=O) groups is 1. The lowest BCUT2D eigenvalue weighted by Gasteiger charge is -2.24. The number of hydrogen-bond acceptors (Lipinski definition) is 2. The quantitative estimate of drug-likeness (QED) is 0.841. The van der Waals surface area contributed by atoms with E-state index in [2.05, 4.69) is 42.9 Å². The average Bonchev–Trinajstić information content (AvgIpc) is 3.23. The molecule has 0 radical (unpaired) electrons. The Bertz CT molecular complexity index is 634. The van der Waals surface area contributed by atoms with Crippen molar-refractivity contribution in [3.8, 4) is 0 Å². The van der Waals surface area contributed by atoms with Gasteiger partial charge in [-0.2, -0.15) is 0 Å². The minimum atomic E-state index is -0.150. The summed E-state index contributed by atoms with van der Waals surface area (Å²) in [6.07, 6.45) is 2.24. The van der Waals surface area contributed by atoms with Crippen molar-refractivity contribution in [3.05, 3.63) is 57.8 Å². The molecule has 2 aromatic rings. The predicted octanol–water partition coefficient (Wildman–Crippen LogP) is 2.09. The summed E-state index contributed by atoms with van der Waals surface area (Å²) >= 11 is 1.78. The molecule has 4 heteroatoms. The van der Waals surface area contributed by atoms with E-state index in [9.17, 15) is 4.79 Å². The van der Waals surface area contributed by atoms with E-state index < -0.39 is 0 Å². The van der Waals surface area contributed by atoms with Gasteiger partial charge in [-0.05, 0) is 36.8 Å². The second-order valence-electron chi connectivity index (χ2n) is 6.18. The molecule has 2 atom stereocenters. The van der Waals surface area contributed by atoms with Gasteiger partial charge < -0.3 is 10.2 Å². The molecular weight excluding hydrogens is 292 g/mol. The van der Waals surface area contributed by atoms with Gasteiger partial charge in [0.1, 0.15) is 6.54 Å². The molecule has 0 aliphatic heterocycles. The average molecular weight is 315 g/mol. The molecule has 1 aromatic carbocycles. The Morgan fingerprint density at radius 3 is 2.64 bits per heavy atom. The van der Waals surface area contributed by atoms with E-state index in [-0.39, 0.29) is 11.9 Å². The highest BCUT2D eigenvalue weighted by atomic mass is 32.1. The first-order valence-corrected chi connectivity index (χ1v) is 8.73. The van der Waals surface area contributed by atoms with Gasteiger partial charge in [0.25, 0.3) is 5.91 Å². The highest BCUT2D eigenvalue weighted by Crippen LogP contribution is 2.21. The van der Waals surface area contributed by atoms with Gasteiger partial charge in [-0.15, -0.1) is 11.3 Å². The Kier molecular flexibility index (Phi) is 4.60. The van der Waals surface area contributed by atoms with Gasteiger partial charge in [-0.25, -0.2) is 0 Å². The zero-order valence-electron chi connectivity index (χ0n) is 13.1. The van der Waals surface area contributed by atoms with E-state index in [0.29, 0.717) is 6.04 Å². The van der Waals surface area contributed by atoms with Crippen molar-refractivity contribution in [2.45, 2.75) is 38.4 Å². The van der Waals surface area contributed by atoms with Crippen LogP contribution < -0.4 is 10.2 Å². The van der Waals surface area contributed by atoms with Crippen LogP contribution in [0.1, 0.15) is 34.9 Å². The Morgan fingerprint density at radius 2 is 2.05 bits per heavy atom. The van der Waals surface area contributed by atoms with Crippen LogP contribution in [0.3, 0.4) is 0 Å². The van der Waals surface area contributed by atoms with Crippen molar-refractivity contribution in [3.63, 3.8) is 0 Å². The summed E-state index contributed by atoms with van der Waals surface area (Å²) < 4.78 is 0. The molecule has 2 N–H and O–H groups in total. The number of likely N-dealkylation sites (N-methyl/N-ethyl adjacent to an activating group) is 1. The molecule has 1 saturated carbocycles. The SMILES string of the molecule is Cc1ccsc1C[NH+](C)[C@H](C(=O)NC1CC1)c1ccccc1. The van der Waals surface area contributed by atoms with Crippen molar-refractivity contribution >= 4 is 17.2 Å². The molecule has 1 aliphatic carbocycles. The molecule has 3 nitrogen and oxygen atoms in total. The first-order valence-electron chi connectivity index (χ1n) is 7.85. The minimum absolute atomic E-state index is 0.150. The molecule has 3 rings (SSSR count). The summed E-state index contributed by atoms with van der Waals surface area (Å²) in [7, 11) is 2.11. The van der Waals surface area contributed by atoms with Crippen molar-refractivity contribution in [2.24, 2.45) is 0 Å². The Morgan fingerprint density at radius 1 is 1.32 bits per heavy atom. The molecule has 22 heavy (non-hydrogen) atoms. The van der Waals surface area contributed by atoms with Crippen molar-refractivity contribution in [1.29, 1.82) is 0 Å². The van der Waals surface area contributed by atoms with Gasteiger partial charge in [0.05, 0.1) is 11.9 Å². The Hall–Kier alpha value is -1.65. The molecule has 116 valence electrons. The van der Waals surface area contributed by atoms with Gasteiger partial charge in [0.15, 0.2) is 6.04 Å². The van der Waals surface area contributed by atoms with Crippen LogP contribution in [0, 0.1) is 6.92 Å². The van der Waals surface area contributed by atoms with Crippen LogP contribution >= 0.6 is 11.3 Å². The normalized spacial score (nSPS) is 17.0. The number of nitrogens with one attached hydrogen (secondary N) is 2. The molecular formula is C18H23N2OS+. The zero-order chi connectivity index (χ0) is 15.5. The number of rotatable bonds is 6. The molecule has 0 saturated heterocycles. The van der Waals surface area contributed by atoms with E-state index in [0.717, 1.165) is 24.9 Å². The zero-order valence-corrected chi connectivity index (χ0v) is 14.0. The lowest BCUT2D eigenvalue weighted by Crippen LogP contribution is -3.09. The summed E-state index contributed by atoms with van der Waals surface area (Å²) in [5, 5.41) is 5.30. The fraction of sp³-hybridized carbons (Fsp3) is 0.389. The maximum atomic E-state index is 12.7. The summed E-state index contributed by atoms with van der Waals surface area (Å²) in [6.45, 7) is 3.02. The fourth-order valence-corrected chi connectivity index (χ4v) is 3.76. The first-order chi connectivity index (χ1) is 10.6. The number of quaternary nitrogens is 1. The summed E-state index contributed by atoms with van der Waals surface area (Å²) in [5.74, 6) is 0.153. The largest absolute Gasteiger partial charge is 0.348 e. The van der Waals surface area contributed by atoms with Gasteiger partial charge in [-0.3, -0.25) is 4.79 Å². The summed E-state index contributed by atoms with van der Waals surface area (Å²) in [5.41, 5.74) is 2.41. The summed E-state index contributed by atoms with van der Waals surface area (Å²) in [6, 6.07) is 12.5. The van der Waals surface area contributed by atoms with E-state index >= 15 is 0 Å². The number of benzene rings is 1. The number of amides is 1. The van der Waals surface area contributed by atoms with Crippen LogP contribution in [0.5, 0.6) is 0 Å². The van der Waals surface area contributed by atoms with E-state index in [1.807, 2.05) is 18.2 Å². The third-order valence-corrected chi connectivity index (χ3v) is 5.24. The van der Waals surface area contributed by atoms with Crippen LogP contribution in [-0.2, 0) is 11.3 Å². The maximum Gasteiger partial charge on any atom is 0.283 e. The van der Waals surface area contributed by atoms with Crippen molar-refractivity contribution in [1.82, 2.24) is 5.32 Å². The van der Waals surface area contributed by atoms with E-state index in [4.69, 9.17) is 0 Å². The number of hydrogen-bond donors (Lipinski definition) is 2. The Labute approximate surface area is 136 Å². The van der Waals surface area contributed by atoms with Gasteiger partial charge in [0.2, 0.25) is 0 Å². The monoisotopic (exact) mass is 315 g/mol. The third-order valence-electron chi connectivity index (χ3n) is 4.22. The van der Waals surface area contributed by atoms with Gasteiger partial charge in [0, 0.05) is 11.6 Å². The number of carbonyl (C=O) groups excluding carboxylic acids is 1. The molecule has 1 fully saturated rings. The van der Waals surface area contributed by atoms with Crippen LogP contribution in [-0.4, -0.2) is 19.0 Å². The minimum Gasteiger partial charge on any atom is -0.348 e. The predicted molar refractivity (Wildman–Crippen MR) is 90.0 cm³/mol. The smallest absolute Gasteiger partial charge is 0.283 e. The lowest BCUT2D eigenvalue weighted by atomic mass is 10.0. The van der Waals surface area contributed by atoms with Crippen molar-refractivity contribution < 1.29 is 9.69 Å². The highest BCUT2D eigenvalue weighted by Gasteiger charge is 2.33. The highest BCUT2D eigenvalue weighted by molar-refractivity contribution is 7.10. The van der Waals surface area contributed by atoms with E-state index in [1.165, 1.54) is 15.3 Å². The maximum absolute atomic E-state index is 12.7. The van der Waals surface area contributed by atoms with Crippen LogP contribution in [0.25, 0.3) is 0 Å². The third kappa shape index (κ3) is 3.57. The Balaban J connectivity index is 1.80. The van der Waals surface area contributed by atoms with Crippen molar-refractivity contribution in [2.75, 3.05) is 7.05 Å². The topological polar surface area (TPSA) is 33.5 Å². The molecule has 1 heterocycles. The first kappa shape index (κ1) is 15.3. The summed E-state index contributed by atoms with van der Waals surface area (Å²) in [4.78, 5) is 15.3. The van der Waals surface area contributed by atoms with Gasteiger partial charge in [-0.1, -0.05) is 30.3 Å². The van der Waals surface area contributed by atoms with Gasteiger partial charge >= 0.3 is 0 Å².